The van der Waals surface area contributed by atoms with Crippen molar-refractivity contribution in [3.63, 3.8) is 0 Å². The van der Waals surface area contributed by atoms with Gasteiger partial charge in [-0.05, 0) is 38.1 Å². The maximum atomic E-state index is 12.6. The lowest BCUT2D eigenvalue weighted by atomic mass is 10.1. The van der Waals surface area contributed by atoms with E-state index in [1.807, 2.05) is 38.1 Å². The van der Waals surface area contributed by atoms with E-state index in [1.165, 1.54) is 0 Å². The molecule has 1 saturated heterocycles. The first kappa shape index (κ1) is 18.8. The molecular weight excluding hydrogens is 344 g/mol. The number of aryl methyl sites for hydroxylation is 2. The number of rotatable bonds is 5. The molecule has 1 aliphatic heterocycles. The number of hydrogen-bond acceptors (Lipinski definition) is 4. The average Bonchev–Trinajstić information content (AvgIpc) is 3.00. The second kappa shape index (κ2) is 7.70. The highest BCUT2D eigenvalue weighted by atomic mass is 16.5. The molecule has 27 heavy (non-hydrogen) atoms. The van der Waals surface area contributed by atoms with E-state index < -0.39 is 0 Å². The van der Waals surface area contributed by atoms with E-state index in [2.05, 4.69) is 5.32 Å². The summed E-state index contributed by atoms with van der Waals surface area (Å²) >= 11 is 0. The SMILES string of the molecule is COc1ccc(N2CC(NC(=O)c3cc(C)cc(C)c3)CC2=O)cc1OC. The van der Waals surface area contributed by atoms with Crippen molar-refractivity contribution in [3.8, 4) is 11.5 Å². The van der Waals surface area contributed by atoms with Crippen molar-refractivity contribution in [1.82, 2.24) is 5.32 Å². The van der Waals surface area contributed by atoms with E-state index >= 15 is 0 Å². The summed E-state index contributed by atoms with van der Waals surface area (Å²) in [5, 5.41) is 2.97. The molecule has 0 spiro atoms. The van der Waals surface area contributed by atoms with Crippen LogP contribution in [0.5, 0.6) is 11.5 Å². The number of anilines is 1. The van der Waals surface area contributed by atoms with Gasteiger partial charge in [0.1, 0.15) is 0 Å². The van der Waals surface area contributed by atoms with E-state index in [-0.39, 0.29) is 24.3 Å². The fourth-order valence-corrected chi connectivity index (χ4v) is 3.42. The summed E-state index contributed by atoms with van der Waals surface area (Å²) in [6, 6.07) is 10.8. The number of nitrogens with one attached hydrogen (secondary N) is 1. The van der Waals surface area contributed by atoms with Gasteiger partial charge in [-0.3, -0.25) is 9.59 Å². The average molecular weight is 368 g/mol. The highest BCUT2D eigenvalue weighted by Crippen LogP contribution is 2.33. The van der Waals surface area contributed by atoms with Crippen molar-refractivity contribution < 1.29 is 19.1 Å². The Kier molecular flexibility index (Phi) is 5.35. The van der Waals surface area contributed by atoms with Crippen LogP contribution in [0.1, 0.15) is 27.9 Å². The highest BCUT2D eigenvalue weighted by molar-refractivity contribution is 5.99. The number of carbonyl (C=O) groups excluding carboxylic acids is 2. The molecule has 142 valence electrons. The summed E-state index contributed by atoms with van der Waals surface area (Å²) in [4.78, 5) is 26.7. The summed E-state index contributed by atoms with van der Waals surface area (Å²) in [6.07, 6.45) is 0.269. The van der Waals surface area contributed by atoms with Crippen LogP contribution in [0.2, 0.25) is 0 Å². The minimum Gasteiger partial charge on any atom is -0.493 e. The Hall–Kier alpha value is -3.02. The lowest BCUT2D eigenvalue weighted by Crippen LogP contribution is -2.37. The van der Waals surface area contributed by atoms with Crippen LogP contribution in [-0.2, 0) is 4.79 Å². The van der Waals surface area contributed by atoms with Gasteiger partial charge >= 0.3 is 0 Å². The third kappa shape index (κ3) is 4.05. The van der Waals surface area contributed by atoms with Gasteiger partial charge in [-0.15, -0.1) is 0 Å². The Morgan fingerprint density at radius 2 is 1.70 bits per heavy atom. The molecule has 0 aromatic heterocycles. The zero-order valence-electron chi connectivity index (χ0n) is 16.0. The molecule has 0 aliphatic carbocycles. The molecule has 1 heterocycles. The molecule has 1 aliphatic rings. The summed E-state index contributed by atoms with van der Waals surface area (Å²) in [5.41, 5.74) is 3.41. The van der Waals surface area contributed by atoms with Crippen LogP contribution in [0.15, 0.2) is 36.4 Å². The molecule has 2 amide bonds. The van der Waals surface area contributed by atoms with Crippen molar-refractivity contribution in [2.45, 2.75) is 26.3 Å². The molecule has 1 atom stereocenters. The molecule has 6 nitrogen and oxygen atoms in total. The van der Waals surface area contributed by atoms with E-state index in [0.717, 1.165) is 16.8 Å². The second-order valence-electron chi connectivity index (χ2n) is 6.79. The van der Waals surface area contributed by atoms with Crippen LogP contribution in [-0.4, -0.2) is 38.6 Å². The lowest BCUT2D eigenvalue weighted by Gasteiger charge is -2.19. The van der Waals surface area contributed by atoms with Crippen molar-refractivity contribution >= 4 is 17.5 Å². The van der Waals surface area contributed by atoms with Gasteiger partial charge in [-0.2, -0.15) is 0 Å². The molecule has 0 saturated carbocycles. The zero-order valence-corrected chi connectivity index (χ0v) is 16.0. The number of carbonyl (C=O) groups is 2. The van der Waals surface area contributed by atoms with Gasteiger partial charge < -0.3 is 19.7 Å². The van der Waals surface area contributed by atoms with Crippen LogP contribution in [0.25, 0.3) is 0 Å². The first-order chi connectivity index (χ1) is 12.9. The van der Waals surface area contributed by atoms with E-state index in [0.29, 0.717) is 23.6 Å². The fourth-order valence-electron chi connectivity index (χ4n) is 3.42. The molecule has 1 N–H and O–H groups in total. The minimum absolute atomic E-state index is 0.0343. The van der Waals surface area contributed by atoms with Gasteiger partial charge in [0.15, 0.2) is 11.5 Å². The van der Waals surface area contributed by atoms with Crippen molar-refractivity contribution in [2.24, 2.45) is 0 Å². The highest BCUT2D eigenvalue weighted by Gasteiger charge is 2.32. The summed E-state index contributed by atoms with van der Waals surface area (Å²) < 4.78 is 10.5. The normalized spacial score (nSPS) is 16.4. The Balaban J connectivity index is 1.73. The molecular formula is C21H24N2O4. The lowest BCUT2D eigenvalue weighted by molar-refractivity contribution is -0.117. The van der Waals surface area contributed by atoms with Gasteiger partial charge in [0.05, 0.1) is 20.3 Å². The van der Waals surface area contributed by atoms with E-state index in [9.17, 15) is 9.59 Å². The van der Waals surface area contributed by atoms with Crippen LogP contribution >= 0.6 is 0 Å². The predicted octanol–water partition coefficient (Wildman–Crippen LogP) is 2.86. The fraction of sp³-hybridized carbons (Fsp3) is 0.333. The molecule has 0 bridgehead atoms. The van der Waals surface area contributed by atoms with Gasteiger partial charge in [0.2, 0.25) is 5.91 Å². The maximum absolute atomic E-state index is 12.6. The monoisotopic (exact) mass is 368 g/mol. The molecule has 1 unspecified atom stereocenters. The molecule has 6 heteroatoms. The summed E-state index contributed by atoms with van der Waals surface area (Å²) in [7, 11) is 3.12. The Morgan fingerprint density at radius 3 is 2.33 bits per heavy atom. The number of hydrogen-bond donors (Lipinski definition) is 1. The van der Waals surface area contributed by atoms with Crippen LogP contribution in [0.4, 0.5) is 5.69 Å². The predicted molar refractivity (Wildman–Crippen MR) is 104 cm³/mol. The number of amides is 2. The summed E-state index contributed by atoms with van der Waals surface area (Å²) in [6.45, 7) is 4.34. The van der Waals surface area contributed by atoms with Crippen molar-refractivity contribution in [3.05, 3.63) is 53.1 Å². The number of nitrogens with zero attached hydrogens (tertiary/aromatic N) is 1. The number of ether oxygens (including phenoxy) is 2. The smallest absolute Gasteiger partial charge is 0.251 e. The molecule has 2 aromatic rings. The zero-order chi connectivity index (χ0) is 19.6. The first-order valence-electron chi connectivity index (χ1n) is 8.83. The topological polar surface area (TPSA) is 67.9 Å². The molecule has 1 fully saturated rings. The van der Waals surface area contributed by atoms with E-state index in [4.69, 9.17) is 9.47 Å². The van der Waals surface area contributed by atoms with Gasteiger partial charge in [-0.1, -0.05) is 17.2 Å². The maximum Gasteiger partial charge on any atom is 0.251 e. The number of benzene rings is 2. The van der Waals surface area contributed by atoms with Gasteiger partial charge in [0, 0.05) is 30.3 Å². The first-order valence-corrected chi connectivity index (χ1v) is 8.83. The molecule has 2 aromatic carbocycles. The Labute approximate surface area is 159 Å². The van der Waals surface area contributed by atoms with Crippen molar-refractivity contribution in [2.75, 3.05) is 25.7 Å². The Morgan fingerprint density at radius 1 is 1.04 bits per heavy atom. The summed E-state index contributed by atoms with van der Waals surface area (Å²) in [5.74, 6) is 0.972. The van der Waals surface area contributed by atoms with Crippen LogP contribution in [0.3, 0.4) is 0 Å². The third-order valence-electron chi connectivity index (χ3n) is 4.62. The third-order valence-corrected chi connectivity index (χ3v) is 4.62. The number of methoxy groups -OCH3 is 2. The minimum atomic E-state index is -0.237. The second-order valence-corrected chi connectivity index (χ2v) is 6.79. The van der Waals surface area contributed by atoms with Crippen molar-refractivity contribution in [1.29, 1.82) is 0 Å². The molecule has 3 rings (SSSR count). The van der Waals surface area contributed by atoms with Crippen LogP contribution < -0.4 is 19.7 Å². The van der Waals surface area contributed by atoms with E-state index in [1.54, 1.807) is 31.3 Å². The van der Waals surface area contributed by atoms with Crippen LogP contribution in [0, 0.1) is 13.8 Å². The molecule has 0 radical (unpaired) electrons. The van der Waals surface area contributed by atoms with Gasteiger partial charge in [0.25, 0.3) is 5.91 Å². The Bertz CT molecular complexity index is 858. The standard InChI is InChI=1S/C21H24N2O4/c1-13-7-14(2)9-15(8-13)21(25)22-16-10-20(24)23(12-16)17-5-6-18(26-3)19(11-17)27-4/h5-9,11,16H,10,12H2,1-4H3,(H,22,25). The quantitative estimate of drug-likeness (QED) is 0.881. The largest absolute Gasteiger partial charge is 0.493 e. The van der Waals surface area contributed by atoms with Gasteiger partial charge in [-0.25, -0.2) is 0 Å².